The summed E-state index contributed by atoms with van der Waals surface area (Å²) in [6, 6.07) is 7.39. The third kappa shape index (κ3) is 4.20. The Labute approximate surface area is 98.2 Å². The molecule has 0 spiro atoms. The molecule has 0 saturated heterocycles. The summed E-state index contributed by atoms with van der Waals surface area (Å²) in [7, 11) is 0.699. The Morgan fingerprint density at radius 1 is 1.25 bits per heavy atom. The van der Waals surface area contributed by atoms with Crippen molar-refractivity contribution < 1.29 is 13.7 Å². The smallest absolute Gasteiger partial charge is 0.161 e. The van der Waals surface area contributed by atoms with Gasteiger partial charge in [0.25, 0.3) is 0 Å². The van der Waals surface area contributed by atoms with E-state index in [0.717, 1.165) is 0 Å². The van der Waals surface area contributed by atoms with Gasteiger partial charge in [-0.25, -0.2) is 0 Å². The Bertz CT molecular complexity index is 344. The fourth-order valence-corrected chi connectivity index (χ4v) is 1.95. The van der Waals surface area contributed by atoms with E-state index in [1.165, 1.54) is 0 Å². The molecule has 0 saturated carbocycles. The lowest BCUT2D eigenvalue weighted by Gasteiger charge is -2.09. The number of ether oxygens (including phenoxy) is 2. The van der Waals surface area contributed by atoms with Crippen LogP contribution >= 0.6 is 0 Å². The van der Waals surface area contributed by atoms with Crippen molar-refractivity contribution >= 4 is 10.8 Å². The van der Waals surface area contributed by atoms with Gasteiger partial charge in [0.2, 0.25) is 0 Å². The quantitative estimate of drug-likeness (QED) is 0.769. The van der Waals surface area contributed by atoms with Crippen molar-refractivity contribution in [3.05, 3.63) is 24.3 Å². The average Bonchev–Trinajstić information content (AvgIpc) is 2.30. The van der Waals surface area contributed by atoms with Crippen molar-refractivity contribution in [2.24, 2.45) is 5.73 Å². The molecular weight excluding hydrogens is 226 g/mol. The number of methoxy groups -OCH3 is 1. The maximum Gasteiger partial charge on any atom is 0.161 e. The summed E-state index contributed by atoms with van der Waals surface area (Å²) in [5.41, 5.74) is 5.30. The molecule has 0 aliphatic rings. The van der Waals surface area contributed by atoms with E-state index in [1.54, 1.807) is 7.11 Å². The number of nitrogens with two attached hydrogens (primary N) is 1. The second-order valence-electron chi connectivity index (χ2n) is 3.14. The van der Waals surface area contributed by atoms with Crippen molar-refractivity contribution in [2.45, 2.75) is 0 Å². The normalized spacial score (nSPS) is 12.1. The number of para-hydroxylation sites is 2. The Morgan fingerprint density at radius 2 is 1.94 bits per heavy atom. The summed E-state index contributed by atoms with van der Waals surface area (Å²) in [6.45, 7) is 0.855. The lowest BCUT2D eigenvalue weighted by molar-refractivity contribution is 0.313. The third-order valence-electron chi connectivity index (χ3n) is 1.98. The monoisotopic (exact) mass is 243 g/mol. The van der Waals surface area contributed by atoms with Crippen LogP contribution in [0.15, 0.2) is 24.3 Å². The highest BCUT2D eigenvalue weighted by Crippen LogP contribution is 2.25. The molecule has 1 atom stereocenters. The van der Waals surface area contributed by atoms with Gasteiger partial charge in [-0.15, -0.1) is 0 Å². The fraction of sp³-hybridized carbons (Fsp3) is 0.455. The summed E-state index contributed by atoms with van der Waals surface area (Å²) in [5.74, 6) is 2.38. The highest BCUT2D eigenvalue weighted by molar-refractivity contribution is 7.85. The lowest BCUT2D eigenvalue weighted by atomic mass is 10.3. The molecule has 0 aliphatic carbocycles. The molecule has 1 aromatic carbocycles. The number of hydrogen-bond acceptors (Lipinski definition) is 4. The van der Waals surface area contributed by atoms with Crippen LogP contribution in [0.5, 0.6) is 11.5 Å². The second-order valence-corrected chi connectivity index (χ2v) is 4.83. The Balaban J connectivity index is 2.39. The summed E-state index contributed by atoms with van der Waals surface area (Å²) < 4.78 is 21.9. The van der Waals surface area contributed by atoms with Crippen LogP contribution in [0.2, 0.25) is 0 Å². The standard InChI is InChI=1S/C11H17NO3S/c1-14-10-4-2-3-5-11(10)15-7-9-16(13)8-6-12/h2-5H,6-9,12H2,1H3. The molecule has 0 aromatic heterocycles. The van der Waals surface area contributed by atoms with Gasteiger partial charge in [0.15, 0.2) is 11.5 Å². The first-order valence-corrected chi connectivity index (χ1v) is 6.57. The number of benzene rings is 1. The van der Waals surface area contributed by atoms with Crippen LogP contribution in [0.4, 0.5) is 0 Å². The van der Waals surface area contributed by atoms with E-state index in [9.17, 15) is 4.21 Å². The lowest BCUT2D eigenvalue weighted by Crippen LogP contribution is -2.16. The fourth-order valence-electron chi connectivity index (χ4n) is 1.22. The van der Waals surface area contributed by atoms with Gasteiger partial charge in [-0.1, -0.05) is 12.1 Å². The van der Waals surface area contributed by atoms with Crippen molar-refractivity contribution in [1.29, 1.82) is 0 Å². The Kier molecular flexibility index (Phi) is 5.88. The first-order chi connectivity index (χ1) is 7.77. The molecule has 0 aliphatic heterocycles. The van der Waals surface area contributed by atoms with Gasteiger partial charge in [0.05, 0.1) is 19.5 Å². The van der Waals surface area contributed by atoms with Gasteiger partial charge < -0.3 is 15.2 Å². The van der Waals surface area contributed by atoms with Crippen LogP contribution in [0.1, 0.15) is 0 Å². The molecule has 1 aromatic rings. The summed E-state index contributed by atoms with van der Waals surface area (Å²) in [6.07, 6.45) is 0. The SMILES string of the molecule is COc1ccccc1OCCS(=O)CCN. The van der Waals surface area contributed by atoms with Gasteiger partial charge >= 0.3 is 0 Å². The van der Waals surface area contributed by atoms with Crippen molar-refractivity contribution in [1.82, 2.24) is 0 Å². The molecule has 2 N–H and O–H groups in total. The maximum absolute atomic E-state index is 11.3. The zero-order valence-corrected chi connectivity index (χ0v) is 10.2. The Hall–Kier alpha value is -1.07. The number of rotatable bonds is 7. The molecular formula is C11H17NO3S. The molecule has 0 heterocycles. The maximum atomic E-state index is 11.3. The zero-order chi connectivity index (χ0) is 11.8. The largest absolute Gasteiger partial charge is 0.493 e. The van der Waals surface area contributed by atoms with E-state index in [2.05, 4.69) is 0 Å². The first-order valence-electron chi connectivity index (χ1n) is 5.08. The van der Waals surface area contributed by atoms with Crippen LogP contribution in [-0.2, 0) is 10.8 Å². The minimum atomic E-state index is -0.893. The molecule has 5 heteroatoms. The van der Waals surface area contributed by atoms with E-state index in [-0.39, 0.29) is 0 Å². The molecule has 0 bridgehead atoms. The third-order valence-corrected chi connectivity index (χ3v) is 3.30. The van der Waals surface area contributed by atoms with Crippen molar-refractivity contribution in [2.75, 3.05) is 31.8 Å². The van der Waals surface area contributed by atoms with Gasteiger partial charge in [0.1, 0.15) is 0 Å². The molecule has 4 nitrogen and oxygen atoms in total. The van der Waals surface area contributed by atoms with E-state index in [1.807, 2.05) is 24.3 Å². The van der Waals surface area contributed by atoms with Crippen molar-refractivity contribution in [3.8, 4) is 11.5 Å². The highest BCUT2D eigenvalue weighted by Gasteiger charge is 2.03. The van der Waals surface area contributed by atoms with Crippen LogP contribution in [0.25, 0.3) is 0 Å². The minimum absolute atomic E-state index is 0.410. The highest BCUT2D eigenvalue weighted by atomic mass is 32.2. The van der Waals surface area contributed by atoms with E-state index >= 15 is 0 Å². The molecule has 0 radical (unpaired) electrons. The van der Waals surface area contributed by atoms with E-state index in [4.69, 9.17) is 15.2 Å². The molecule has 0 amide bonds. The van der Waals surface area contributed by atoms with Gasteiger partial charge in [-0.2, -0.15) is 0 Å². The van der Waals surface area contributed by atoms with Crippen molar-refractivity contribution in [3.63, 3.8) is 0 Å². The predicted molar refractivity (Wildman–Crippen MR) is 65.4 cm³/mol. The first kappa shape index (κ1) is 13.0. The average molecular weight is 243 g/mol. The van der Waals surface area contributed by atoms with Gasteiger partial charge in [0, 0.05) is 23.1 Å². The summed E-state index contributed by atoms with van der Waals surface area (Å²) >= 11 is 0. The summed E-state index contributed by atoms with van der Waals surface area (Å²) in [4.78, 5) is 0. The predicted octanol–water partition coefficient (Wildman–Crippen LogP) is 0.781. The Morgan fingerprint density at radius 3 is 2.56 bits per heavy atom. The number of hydrogen-bond donors (Lipinski definition) is 1. The van der Waals surface area contributed by atoms with Crippen LogP contribution in [0.3, 0.4) is 0 Å². The second kappa shape index (κ2) is 7.24. The zero-order valence-electron chi connectivity index (χ0n) is 9.35. The van der Waals surface area contributed by atoms with E-state index < -0.39 is 10.8 Å². The molecule has 1 rings (SSSR count). The van der Waals surface area contributed by atoms with Crippen LogP contribution < -0.4 is 15.2 Å². The van der Waals surface area contributed by atoms with E-state index in [0.29, 0.717) is 36.2 Å². The molecule has 90 valence electrons. The van der Waals surface area contributed by atoms with Gasteiger partial charge in [-0.3, -0.25) is 4.21 Å². The topological polar surface area (TPSA) is 61.5 Å². The summed E-state index contributed by atoms with van der Waals surface area (Å²) in [5, 5.41) is 0. The van der Waals surface area contributed by atoms with Crippen LogP contribution in [-0.4, -0.2) is 36.0 Å². The molecule has 0 fully saturated rings. The van der Waals surface area contributed by atoms with Crippen LogP contribution in [0, 0.1) is 0 Å². The molecule has 1 unspecified atom stereocenters. The minimum Gasteiger partial charge on any atom is -0.493 e. The van der Waals surface area contributed by atoms with Gasteiger partial charge in [-0.05, 0) is 12.1 Å². The molecule has 16 heavy (non-hydrogen) atoms.